The van der Waals surface area contributed by atoms with Gasteiger partial charge in [0.1, 0.15) is 0 Å². The molecule has 1 aromatic heterocycles. The lowest BCUT2D eigenvalue weighted by Crippen LogP contribution is -2.30. The van der Waals surface area contributed by atoms with E-state index in [9.17, 15) is 0 Å². The molecule has 0 radical (unpaired) electrons. The molecule has 1 aliphatic rings. The van der Waals surface area contributed by atoms with Crippen LogP contribution in [-0.2, 0) is 3.79 Å². The summed E-state index contributed by atoms with van der Waals surface area (Å²) in [6, 6.07) is 5.11. The molecular formula is C15H14Cl5N5. The van der Waals surface area contributed by atoms with Crippen LogP contribution in [0.15, 0.2) is 18.2 Å². The van der Waals surface area contributed by atoms with Gasteiger partial charge in [-0.25, -0.2) is 4.98 Å². The van der Waals surface area contributed by atoms with Gasteiger partial charge in [-0.1, -0.05) is 58.0 Å². The van der Waals surface area contributed by atoms with Crippen LogP contribution in [0.4, 0.5) is 5.95 Å². The van der Waals surface area contributed by atoms with E-state index in [2.05, 4.69) is 20.3 Å². The highest BCUT2D eigenvalue weighted by Crippen LogP contribution is 2.37. The summed E-state index contributed by atoms with van der Waals surface area (Å²) in [7, 11) is 0. The number of rotatable bonds is 2. The van der Waals surface area contributed by atoms with Crippen molar-refractivity contribution in [3.8, 4) is 11.4 Å². The first-order valence-corrected chi connectivity index (χ1v) is 9.48. The summed E-state index contributed by atoms with van der Waals surface area (Å²) in [6.07, 6.45) is 0.969. The lowest BCUT2D eigenvalue weighted by atomic mass is 10.2. The molecule has 0 aliphatic carbocycles. The molecule has 10 heteroatoms. The van der Waals surface area contributed by atoms with Crippen molar-refractivity contribution in [2.24, 2.45) is 0 Å². The van der Waals surface area contributed by atoms with Crippen molar-refractivity contribution in [3.05, 3.63) is 34.1 Å². The van der Waals surface area contributed by atoms with Gasteiger partial charge in [-0.15, -0.1) is 0 Å². The molecule has 1 aliphatic heterocycles. The Balaban J connectivity index is 2.07. The molecule has 3 rings (SSSR count). The number of alkyl halides is 3. The summed E-state index contributed by atoms with van der Waals surface area (Å²) in [5, 5.41) is 4.17. The average molecular weight is 442 g/mol. The fraction of sp³-hybridized carbons (Fsp3) is 0.400. The molecule has 0 saturated carbocycles. The van der Waals surface area contributed by atoms with Crippen LogP contribution in [0.25, 0.3) is 11.4 Å². The number of nitrogens with one attached hydrogen (secondary N) is 1. The molecule has 1 aromatic carbocycles. The molecule has 0 unspecified atom stereocenters. The minimum atomic E-state index is -1.76. The Morgan fingerprint density at radius 2 is 1.76 bits per heavy atom. The summed E-state index contributed by atoms with van der Waals surface area (Å²) in [4.78, 5) is 15.3. The number of hydrogen-bond donors (Lipinski definition) is 1. The summed E-state index contributed by atoms with van der Waals surface area (Å²) < 4.78 is -1.76. The van der Waals surface area contributed by atoms with E-state index in [0.717, 1.165) is 32.6 Å². The quantitative estimate of drug-likeness (QED) is 0.697. The van der Waals surface area contributed by atoms with Crippen molar-refractivity contribution in [3.63, 3.8) is 0 Å². The molecule has 1 N–H and O–H groups in total. The lowest BCUT2D eigenvalue weighted by molar-refractivity contribution is 0.724. The zero-order chi connectivity index (χ0) is 18.0. The molecule has 0 atom stereocenters. The smallest absolute Gasteiger partial charge is 0.250 e. The van der Waals surface area contributed by atoms with Gasteiger partial charge in [0.15, 0.2) is 11.6 Å². The molecule has 1 saturated heterocycles. The molecule has 134 valence electrons. The second-order valence-corrected chi connectivity index (χ2v) is 8.60. The van der Waals surface area contributed by atoms with Gasteiger partial charge in [0.25, 0.3) is 0 Å². The highest BCUT2D eigenvalue weighted by atomic mass is 35.6. The highest BCUT2D eigenvalue weighted by molar-refractivity contribution is 6.66. The van der Waals surface area contributed by atoms with E-state index in [-0.39, 0.29) is 5.82 Å². The minimum absolute atomic E-state index is 0.0702. The molecule has 2 aromatic rings. The third-order valence-corrected chi connectivity index (χ3v) is 4.92. The zero-order valence-corrected chi connectivity index (χ0v) is 16.7. The summed E-state index contributed by atoms with van der Waals surface area (Å²) in [6.45, 7) is 3.33. The summed E-state index contributed by atoms with van der Waals surface area (Å²) >= 11 is 30.1. The molecule has 1 fully saturated rings. The van der Waals surface area contributed by atoms with Crippen LogP contribution >= 0.6 is 58.0 Å². The van der Waals surface area contributed by atoms with Gasteiger partial charge >= 0.3 is 0 Å². The van der Waals surface area contributed by atoms with Gasteiger partial charge in [0, 0.05) is 25.2 Å². The molecule has 25 heavy (non-hydrogen) atoms. The molecule has 5 nitrogen and oxygen atoms in total. The normalized spacial score (nSPS) is 16.0. The molecule has 2 heterocycles. The average Bonchev–Trinajstić information content (AvgIpc) is 2.85. The van der Waals surface area contributed by atoms with Crippen molar-refractivity contribution >= 4 is 64.0 Å². The first kappa shape index (κ1) is 19.2. The monoisotopic (exact) mass is 439 g/mol. The molecule has 0 spiro atoms. The van der Waals surface area contributed by atoms with Gasteiger partial charge in [0.05, 0.1) is 10.0 Å². The van der Waals surface area contributed by atoms with E-state index in [1.54, 1.807) is 18.2 Å². The zero-order valence-electron chi connectivity index (χ0n) is 12.9. The second kappa shape index (κ2) is 7.99. The summed E-state index contributed by atoms with van der Waals surface area (Å²) in [5.74, 6) is 0.920. The lowest BCUT2D eigenvalue weighted by Gasteiger charge is -2.22. The first-order valence-electron chi connectivity index (χ1n) is 7.59. The van der Waals surface area contributed by atoms with E-state index >= 15 is 0 Å². The van der Waals surface area contributed by atoms with Crippen LogP contribution in [0.3, 0.4) is 0 Å². The van der Waals surface area contributed by atoms with Crippen molar-refractivity contribution in [1.29, 1.82) is 0 Å². The molecule has 0 amide bonds. The molecule has 0 bridgehead atoms. The SMILES string of the molecule is Clc1ccc(-c2nc(N3CCCNCC3)nc(C(Cl)(Cl)Cl)n2)cc1Cl. The number of hydrogen-bond acceptors (Lipinski definition) is 5. The number of anilines is 1. The number of nitrogens with zero attached hydrogens (tertiary/aromatic N) is 4. The Bertz CT molecular complexity index is 756. The predicted molar refractivity (Wildman–Crippen MR) is 104 cm³/mol. The van der Waals surface area contributed by atoms with E-state index in [0.29, 0.717) is 27.4 Å². The minimum Gasteiger partial charge on any atom is -0.339 e. The Hall–Kier alpha value is -0.560. The van der Waals surface area contributed by atoms with Gasteiger partial charge in [0.2, 0.25) is 9.74 Å². The fourth-order valence-corrected chi connectivity index (χ4v) is 2.99. The number of benzene rings is 1. The van der Waals surface area contributed by atoms with Crippen LogP contribution < -0.4 is 10.2 Å². The maximum absolute atomic E-state index is 6.10. The van der Waals surface area contributed by atoms with Crippen molar-refractivity contribution in [2.45, 2.75) is 10.2 Å². The van der Waals surface area contributed by atoms with Crippen molar-refractivity contribution < 1.29 is 0 Å². The number of halogens is 5. The summed E-state index contributed by atoms with van der Waals surface area (Å²) in [5.41, 5.74) is 0.668. The fourth-order valence-electron chi connectivity index (χ4n) is 2.44. The van der Waals surface area contributed by atoms with Crippen LogP contribution in [-0.4, -0.2) is 41.1 Å². The third kappa shape index (κ3) is 4.79. The predicted octanol–water partition coefficient (Wildman–Crippen LogP) is 4.47. The van der Waals surface area contributed by atoms with Crippen molar-refractivity contribution in [1.82, 2.24) is 20.3 Å². The van der Waals surface area contributed by atoms with Crippen LogP contribution in [0.5, 0.6) is 0 Å². The number of aromatic nitrogens is 3. The third-order valence-electron chi connectivity index (χ3n) is 3.68. The first-order chi connectivity index (χ1) is 11.8. The van der Waals surface area contributed by atoms with Crippen LogP contribution in [0.2, 0.25) is 10.0 Å². The Kier molecular flexibility index (Phi) is 6.14. The van der Waals surface area contributed by atoms with Gasteiger partial charge in [-0.3, -0.25) is 0 Å². The van der Waals surface area contributed by atoms with Crippen LogP contribution in [0, 0.1) is 0 Å². The van der Waals surface area contributed by atoms with Crippen LogP contribution in [0.1, 0.15) is 12.2 Å². The van der Waals surface area contributed by atoms with Crippen molar-refractivity contribution in [2.75, 3.05) is 31.1 Å². The Morgan fingerprint density at radius 1 is 0.960 bits per heavy atom. The van der Waals surface area contributed by atoms with Gasteiger partial charge < -0.3 is 10.2 Å². The largest absolute Gasteiger partial charge is 0.339 e. The van der Waals surface area contributed by atoms with E-state index in [4.69, 9.17) is 58.0 Å². The van der Waals surface area contributed by atoms with Gasteiger partial charge in [-0.05, 0) is 31.2 Å². The maximum Gasteiger partial charge on any atom is 0.250 e. The second-order valence-electron chi connectivity index (χ2n) is 5.50. The standard InChI is InChI=1S/C15H14Cl5N5/c16-10-3-2-9(8-11(10)17)12-22-13(15(18,19)20)24-14(23-12)25-6-1-4-21-5-7-25/h2-3,8,21H,1,4-7H2. The Labute approximate surface area is 170 Å². The van der Waals surface area contributed by atoms with E-state index in [1.165, 1.54) is 0 Å². The molecular weight excluding hydrogens is 427 g/mol. The van der Waals surface area contributed by atoms with E-state index < -0.39 is 3.79 Å². The van der Waals surface area contributed by atoms with E-state index in [1.807, 2.05) is 4.90 Å². The Morgan fingerprint density at radius 3 is 2.48 bits per heavy atom. The highest BCUT2D eigenvalue weighted by Gasteiger charge is 2.29. The maximum atomic E-state index is 6.10. The topological polar surface area (TPSA) is 53.9 Å². The van der Waals surface area contributed by atoms with Gasteiger partial charge in [-0.2, -0.15) is 9.97 Å².